The number of nitrogens with zero attached hydrogens (tertiary/aromatic N) is 1. The number of aromatic nitrogens is 1. The van der Waals surface area contributed by atoms with Gasteiger partial charge in [0, 0.05) is 10.6 Å². The number of nitrogens with two attached hydrogens (primary N) is 1. The van der Waals surface area contributed by atoms with Crippen LogP contribution in [0.5, 0.6) is 0 Å². The average Bonchev–Trinajstić information content (AvgIpc) is 2.63. The van der Waals surface area contributed by atoms with E-state index >= 15 is 0 Å². The minimum atomic E-state index is 0.372. The molecule has 0 saturated carbocycles. The number of halogens is 1. The molecule has 0 atom stereocenters. The van der Waals surface area contributed by atoms with Crippen LogP contribution < -0.4 is 5.73 Å². The lowest BCUT2D eigenvalue weighted by Crippen LogP contribution is -1.85. The second-order valence-electron chi connectivity index (χ2n) is 3.16. The molecule has 84 valence electrons. The van der Waals surface area contributed by atoms with Crippen LogP contribution in [0.4, 0.5) is 5.88 Å². The van der Waals surface area contributed by atoms with Crippen molar-refractivity contribution in [2.75, 3.05) is 11.5 Å². The van der Waals surface area contributed by atoms with Crippen LogP contribution in [-0.4, -0.2) is 10.9 Å². The highest BCUT2D eigenvalue weighted by Gasteiger charge is 2.14. The molecular formula is C11H11ClN2OS. The third kappa shape index (κ3) is 2.18. The summed E-state index contributed by atoms with van der Waals surface area (Å²) in [5.41, 5.74) is 7.46. The quantitative estimate of drug-likeness (QED) is 0.849. The van der Waals surface area contributed by atoms with Crippen LogP contribution in [0.1, 0.15) is 6.92 Å². The third-order valence-corrected chi connectivity index (χ3v) is 3.30. The van der Waals surface area contributed by atoms with E-state index in [-0.39, 0.29) is 0 Å². The van der Waals surface area contributed by atoms with Crippen molar-refractivity contribution < 1.29 is 4.52 Å². The Kier molecular flexibility index (Phi) is 3.41. The van der Waals surface area contributed by atoms with Crippen LogP contribution in [0.3, 0.4) is 0 Å². The van der Waals surface area contributed by atoms with Crippen molar-refractivity contribution in [3.8, 4) is 11.3 Å². The molecule has 0 aliphatic carbocycles. The molecule has 16 heavy (non-hydrogen) atoms. The van der Waals surface area contributed by atoms with Gasteiger partial charge in [-0.2, -0.15) is 0 Å². The molecule has 0 aliphatic rings. The van der Waals surface area contributed by atoms with Gasteiger partial charge in [0.1, 0.15) is 5.69 Å². The Bertz CT molecular complexity index is 481. The number of thioether (sulfide) groups is 1. The van der Waals surface area contributed by atoms with Gasteiger partial charge < -0.3 is 10.3 Å². The number of hydrogen-bond acceptors (Lipinski definition) is 4. The van der Waals surface area contributed by atoms with Crippen molar-refractivity contribution in [2.45, 2.75) is 11.8 Å². The molecule has 0 saturated heterocycles. The molecule has 2 aromatic rings. The van der Waals surface area contributed by atoms with Gasteiger partial charge in [0.15, 0.2) is 0 Å². The summed E-state index contributed by atoms with van der Waals surface area (Å²) in [7, 11) is 0. The molecule has 2 rings (SSSR count). The van der Waals surface area contributed by atoms with Crippen molar-refractivity contribution in [3.63, 3.8) is 0 Å². The molecule has 0 amide bonds. The summed E-state index contributed by atoms with van der Waals surface area (Å²) in [5, 5.41) is 4.67. The van der Waals surface area contributed by atoms with Gasteiger partial charge in [-0.05, 0) is 17.9 Å². The van der Waals surface area contributed by atoms with Crippen LogP contribution in [0.25, 0.3) is 11.3 Å². The molecule has 3 nitrogen and oxygen atoms in total. The van der Waals surface area contributed by atoms with Gasteiger partial charge in [-0.3, -0.25) is 0 Å². The second kappa shape index (κ2) is 4.80. The van der Waals surface area contributed by atoms with Crippen LogP contribution in [0.2, 0.25) is 5.02 Å². The topological polar surface area (TPSA) is 52.0 Å². The number of hydrogen-bond donors (Lipinski definition) is 1. The van der Waals surface area contributed by atoms with E-state index in [1.165, 1.54) is 0 Å². The molecule has 0 fully saturated rings. The maximum Gasteiger partial charge on any atom is 0.236 e. The van der Waals surface area contributed by atoms with Gasteiger partial charge in [0.2, 0.25) is 5.88 Å². The second-order valence-corrected chi connectivity index (χ2v) is 4.88. The minimum absolute atomic E-state index is 0.372. The predicted octanol–water partition coefficient (Wildman–Crippen LogP) is 3.69. The molecule has 1 aromatic heterocycles. The maximum absolute atomic E-state index is 5.83. The largest absolute Gasteiger partial charge is 0.367 e. The molecule has 2 N–H and O–H groups in total. The SMILES string of the molecule is CCSc1c(-c2ccc(Cl)cc2)noc1N. The lowest BCUT2D eigenvalue weighted by molar-refractivity contribution is 0.438. The molecule has 5 heteroatoms. The highest BCUT2D eigenvalue weighted by Crippen LogP contribution is 2.35. The Labute approximate surface area is 103 Å². The van der Waals surface area contributed by atoms with E-state index in [0.717, 1.165) is 21.9 Å². The molecule has 0 radical (unpaired) electrons. The fourth-order valence-corrected chi connectivity index (χ4v) is 2.26. The van der Waals surface area contributed by atoms with Crippen LogP contribution in [-0.2, 0) is 0 Å². The van der Waals surface area contributed by atoms with Gasteiger partial charge >= 0.3 is 0 Å². The highest BCUT2D eigenvalue weighted by molar-refractivity contribution is 7.99. The first kappa shape index (κ1) is 11.4. The van der Waals surface area contributed by atoms with E-state index in [1.807, 2.05) is 24.3 Å². The van der Waals surface area contributed by atoms with Gasteiger partial charge in [-0.15, -0.1) is 11.8 Å². The Morgan fingerprint density at radius 3 is 2.69 bits per heavy atom. The third-order valence-electron chi connectivity index (χ3n) is 2.08. The number of benzene rings is 1. The first-order valence-electron chi connectivity index (χ1n) is 4.86. The summed E-state index contributed by atoms with van der Waals surface area (Å²) >= 11 is 7.45. The summed E-state index contributed by atoms with van der Waals surface area (Å²) in [6.07, 6.45) is 0. The molecular weight excluding hydrogens is 244 g/mol. The minimum Gasteiger partial charge on any atom is -0.367 e. The Morgan fingerprint density at radius 2 is 2.06 bits per heavy atom. The lowest BCUT2D eigenvalue weighted by Gasteiger charge is -2.00. The lowest BCUT2D eigenvalue weighted by atomic mass is 10.1. The molecule has 0 bridgehead atoms. The zero-order chi connectivity index (χ0) is 11.5. The van der Waals surface area contributed by atoms with E-state index in [9.17, 15) is 0 Å². The number of rotatable bonds is 3. The standard InChI is InChI=1S/C11H11ClN2OS/c1-2-16-10-9(14-15-11(10)13)7-3-5-8(12)6-4-7/h3-6H,2,13H2,1H3. The smallest absolute Gasteiger partial charge is 0.236 e. The van der Waals surface area contributed by atoms with Crippen molar-refractivity contribution in [2.24, 2.45) is 0 Å². The summed E-state index contributed by atoms with van der Waals surface area (Å²) in [6, 6.07) is 7.45. The molecule has 1 heterocycles. The van der Waals surface area contributed by atoms with Gasteiger partial charge in [0.25, 0.3) is 0 Å². The zero-order valence-electron chi connectivity index (χ0n) is 8.74. The summed E-state index contributed by atoms with van der Waals surface area (Å²) in [5.74, 6) is 1.29. The van der Waals surface area contributed by atoms with Gasteiger partial charge in [-0.25, -0.2) is 0 Å². The van der Waals surface area contributed by atoms with Gasteiger partial charge in [0.05, 0.1) is 4.90 Å². The van der Waals surface area contributed by atoms with E-state index in [4.69, 9.17) is 21.9 Å². The van der Waals surface area contributed by atoms with Crippen molar-refractivity contribution in [3.05, 3.63) is 29.3 Å². The van der Waals surface area contributed by atoms with Crippen molar-refractivity contribution >= 4 is 29.2 Å². The first-order valence-corrected chi connectivity index (χ1v) is 6.22. The van der Waals surface area contributed by atoms with Crippen LogP contribution in [0, 0.1) is 0 Å². The average molecular weight is 255 g/mol. The summed E-state index contributed by atoms with van der Waals surface area (Å²) in [4.78, 5) is 0.893. The summed E-state index contributed by atoms with van der Waals surface area (Å²) in [6.45, 7) is 2.06. The monoisotopic (exact) mass is 254 g/mol. The van der Waals surface area contributed by atoms with E-state index in [1.54, 1.807) is 11.8 Å². The van der Waals surface area contributed by atoms with E-state index in [2.05, 4.69) is 12.1 Å². The first-order chi connectivity index (χ1) is 7.72. The summed E-state index contributed by atoms with van der Waals surface area (Å²) < 4.78 is 5.01. The number of anilines is 1. The molecule has 1 aromatic carbocycles. The van der Waals surface area contributed by atoms with Crippen molar-refractivity contribution in [1.82, 2.24) is 5.16 Å². The van der Waals surface area contributed by atoms with Gasteiger partial charge in [-0.1, -0.05) is 35.8 Å². The fourth-order valence-electron chi connectivity index (χ4n) is 1.37. The maximum atomic E-state index is 5.83. The van der Waals surface area contributed by atoms with Crippen molar-refractivity contribution in [1.29, 1.82) is 0 Å². The Balaban J connectivity index is 2.43. The predicted molar refractivity (Wildman–Crippen MR) is 67.8 cm³/mol. The Hall–Kier alpha value is -1.13. The van der Waals surface area contributed by atoms with E-state index < -0.39 is 0 Å². The van der Waals surface area contributed by atoms with Crippen LogP contribution in [0.15, 0.2) is 33.7 Å². The molecule has 0 unspecified atom stereocenters. The van der Waals surface area contributed by atoms with E-state index in [0.29, 0.717) is 10.9 Å². The fraction of sp³-hybridized carbons (Fsp3) is 0.182. The highest BCUT2D eigenvalue weighted by atomic mass is 35.5. The molecule has 0 spiro atoms. The van der Waals surface area contributed by atoms with Crippen LogP contribution >= 0.6 is 23.4 Å². The zero-order valence-corrected chi connectivity index (χ0v) is 10.3. The normalized spacial score (nSPS) is 10.6. The molecule has 0 aliphatic heterocycles. The Morgan fingerprint density at radius 1 is 1.38 bits per heavy atom. The number of nitrogen functional groups attached to an aromatic ring is 1.